The molecule has 0 radical (unpaired) electrons. The smallest absolute Gasteiger partial charge is 0.309 e. The molecule has 0 fully saturated rings. The molecule has 0 aliphatic rings. The van der Waals surface area contributed by atoms with Crippen molar-refractivity contribution in [3.63, 3.8) is 0 Å². The second-order valence-corrected chi connectivity index (χ2v) is 19.1. The van der Waals surface area contributed by atoms with Crippen molar-refractivity contribution in [1.82, 2.24) is 9.13 Å². The predicted molar refractivity (Wildman–Crippen MR) is 291 cm³/mol. The lowest BCUT2D eigenvalue weighted by Crippen LogP contribution is -2.08. The van der Waals surface area contributed by atoms with Crippen molar-refractivity contribution in [2.24, 2.45) is 0 Å². The van der Waals surface area contributed by atoms with E-state index in [0.29, 0.717) is 16.8 Å². The Morgan fingerprint density at radius 3 is 0.930 bits per heavy atom. The maximum atomic E-state index is 15.2. The Kier molecular flexibility index (Phi) is 10.4. The summed E-state index contributed by atoms with van der Waals surface area (Å²) in [6.45, 7) is 10.5. The first kappa shape index (κ1) is 43.8. The van der Waals surface area contributed by atoms with Crippen LogP contribution in [0, 0.1) is 34.6 Å². The molecule has 2 aromatic heterocycles. The van der Waals surface area contributed by atoms with Gasteiger partial charge in [-0.3, -0.25) is 0 Å². The number of aryl methyl sites for hydroxylation is 5. The van der Waals surface area contributed by atoms with Gasteiger partial charge in [0.05, 0.1) is 39.0 Å². The molecule has 344 valence electrons. The molecule has 0 atom stereocenters. The zero-order chi connectivity index (χ0) is 48.7. The molecule has 12 rings (SSSR count). The zero-order valence-corrected chi connectivity index (χ0v) is 40.2. The third-order valence-electron chi connectivity index (χ3n) is 14.6. The van der Waals surface area contributed by atoms with Gasteiger partial charge >= 0.3 is 6.18 Å². The molecule has 0 aliphatic heterocycles. The summed E-state index contributed by atoms with van der Waals surface area (Å²) < 4.78 is 50.1. The van der Waals surface area contributed by atoms with Crippen LogP contribution < -0.4 is 0 Å². The average Bonchev–Trinajstić information content (AvgIpc) is 3.87. The quantitative estimate of drug-likeness (QED) is 0.151. The maximum absolute atomic E-state index is 15.2. The number of hydrogen-bond donors (Lipinski definition) is 0. The van der Waals surface area contributed by atoms with Crippen molar-refractivity contribution in [2.75, 3.05) is 0 Å². The van der Waals surface area contributed by atoms with Crippen LogP contribution in [0.25, 0.3) is 111 Å². The molecular formula is C66H49F3N2. The molecule has 0 amide bonds. The normalized spacial score (nSPS) is 11.9. The minimum Gasteiger partial charge on any atom is -0.309 e. The maximum Gasteiger partial charge on any atom is 0.416 e. The summed E-state index contributed by atoms with van der Waals surface area (Å²) in [7, 11) is 0. The van der Waals surface area contributed by atoms with Crippen LogP contribution in [0.15, 0.2) is 206 Å². The van der Waals surface area contributed by atoms with Crippen molar-refractivity contribution in [3.8, 4) is 67.0 Å². The van der Waals surface area contributed by atoms with Gasteiger partial charge in [0.15, 0.2) is 0 Å². The largest absolute Gasteiger partial charge is 0.416 e. The van der Waals surface area contributed by atoms with Crippen LogP contribution in [0.1, 0.15) is 33.4 Å². The summed E-state index contributed by atoms with van der Waals surface area (Å²) in [5, 5.41) is 4.15. The Balaban J connectivity index is 1.15. The zero-order valence-electron chi connectivity index (χ0n) is 40.2. The van der Waals surface area contributed by atoms with Gasteiger partial charge in [0.25, 0.3) is 0 Å². The lowest BCUT2D eigenvalue weighted by molar-refractivity contribution is -0.137. The van der Waals surface area contributed by atoms with Crippen LogP contribution in [0.4, 0.5) is 13.2 Å². The van der Waals surface area contributed by atoms with E-state index in [4.69, 9.17) is 0 Å². The number of fused-ring (bicyclic) bond motifs is 6. The van der Waals surface area contributed by atoms with Crippen LogP contribution in [0.5, 0.6) is 0 Å². The second-order valence-electron chi connectivity index (χ2n) is 19.1. The number of aromatic nitrogens is 2. The highest BCUT2D eigenvalue weighted by Crippen LogP contribution is 2.46. The Morgan fingerprint density at radius 2 is 0.606 bits per heavy atom. The van der Waals surface area contributed by atoms with Crippen molar-refractivity contribution >= 4 is 43.6 Å². The molecule has 10 aromatic carbocycles. The van der Waals surface area contributed by atoms with E-state index in [1.807, 2.05) is 19.1 Å². The molecule has 0 saturated carbocycles. The number of benzene rings is 10. The molecule has 5 heteroatoms. The molecular weight excluding hydrogens is 878 g/mol. The van der Waals surface area contributed by atoms with Crippen LogP contribution in [-0.4, -0.2) is 9.13 Å². The Bertz CT molecular complexity index is 3900. The third-order valence-corrected chi connectivity index (χ3v) is 14.6. The standard InChI is InChI=1S/C66H49F3N2/c1-40-22-28-60(70-61-29-23-45(50-18-10-6-14-41(50)2)35-55(61)56-36-46(24-30-62(56)70)51-19-11-7-15-42(51)3)54(34-40)59-39-49(66(67,68)69)27-33-65(59)71-63-31-25-47(52-20-12-8-16-43(52)4)37-57(63)58-38-48(26-32-64(58)71)53-21-13-9-17-44(53)5/h6-39H,1-5H3. The van der Waals surface area contributed by atoms with Crippen LogP contribution in [0.2, 0.25) is 0 Å². The van der Waals surface area contributed by atoms with Crippen molar-refractivity contribution in [1.29, 1.82) is 0 Å². The average molecular weight is 927 g/mol. The van der Waals surface area contributed by atoms with Gasteiger partial charge in [-0.05, 0) is 180 Å². The summed E-state index contributed by atoms with van der Waals surface area (Å²) in [6, 6.07) is 70.3. The van der Waals surface area contributed by atoms with Gasteiger partial charge in [-0.2, -0.15) is 13.2 Å². The van der Waals surface area contributed by atoms with E-state index < -0.39 is 11.7 Å². The first-order valence-electron chi connectivity index (χ1n) is 24.1. The van der Waals surface area contributed by atoms with E-state index in [0.717, 1.165) is 110 Å². The first-order valence-corrected chi connectivity index (χ1v) is 24.1. The van der Waals surface area contributed by atoms with Gasteiger partial charge in [-0.25, -0.2) is 0 Å². The molecule has 2 heterocycles. The monoisotopic (exact) mass is 926 g/mol. The predicted octanol–water partition coefficient (Wildman–Crippen LogP) is 18.8. The molecule has 0 spiro atoms. The summed E-state index contributed by atoms with van der Waals surface area (Å²) in [5.41, 5.74) is 20.2. The summed E-state index contributed by atoms with van der Waals surface area (Å²) in [4.78, 5) is 0. The fraction of sp³-hybridized carbons (Fsp3) is 0.0909. The number of nitrogens with zero attached hydrogens (tertiary/aromatic N) is 2. The van der Waals surface area contributed by atoms with Gasteiger partial charge in [0.2, 0.25) is 0 Å². The molecule has 2 nitrogen and oxygen atoms in total. The molecule has 0 N–H and O–H groups in total. The summed E-state index contributed by atoms with van der Waals surface area (Å²) >= 11 is 0. The fourth-order valence-corrected chi connectivity index (χ4v) is 11.0. The van der Waals surface area contributed by atoms with E-state index in [-0.39, 0.29) is 0 Å². The molecule has 71 heavy (non-hydrogen) atoms. The van der Waals surface area contributed by atoms with Gasteiger partial charge in [0.1, 0.15) is 0 Å². The number of halogens is 3. The van der Waals surface area contributed by atoms with E-state index in [2.05, 4.69) is 213 Å². The van der Waals surface area contributed by atoms with Crippen molar-refractivity contribution in [3.05, 3.63) is 240 Å². The number of rotatable bonds is 7. The SMILES string of the molecule is Cc1ccc(-n2c3ccc(-c4ccccc4C)cc3c3cc(-c4ccccc4C)ccc32)c(-c2cc(C(F)(F)F)ccc2-n2c3ccc(-c4ccccc4C)cc3c3cc(-c4ccccc4C)ccc32)c1. The topological polar surface area (TPSA) is 9.86 Å². The van der Waals surface area contributed by atoms with E-state index >= 15 is 13.2 Å². The lowest BCUT2D eigenvalue weighted by atomic mass is 9.96. The van der Waals surface area contributed by atoms with Gasteiger partial charge in [0, 0.05) is 32.7 Å². The molecule has 0 unspecified atom stereocenters. The Hall–Kier alpha value is -8.41. The molecule has 0 saturated heterocycles. The van der Waals surface area contributed by atoms with Crippen LogP contribution in [-0.2, 0) is 6.18 Å². The number of hydrogen-bond acceptors (Lipinski definition) is 0. The minimum absolute atomic E-state index is 0.478. The minimum atomic E-state index is -4.59. The highest BCUT2D eigenvalue weighted by Gasteiger charge is 2.32. The van der Waals surface area contributed by atoms with Gasteiger partial charge in [-0.15, -0.1) is 0 Å². The van der Waals surface area contributed by atoms with Crippen molar-refractivity contribution < 1.29 is 13.2 Å². The molecule has 0 aliphatic carbocycles. The lowest BCUT2D eigenvalue weighted by Gasteiger charge is -2.21. The number of alkyl halides is 3. The second kappa shape index (κ2) is 16.9. The van der Waals surface area contributed by atoms with E-state index in [1.54, 1.807) is 6.07 Å². The van der Waals surface area contributed by atoms with E-state index in [1.165, 1.54) is 23.3 Å². The Morgan fingerprint density at radius 1 is 0.296 bits per heavy atom. The van der Waals surface area contributed by atoms with Gasteiger partial charge in [-0.1, -0.05) is 133 Å². The van der Waals surface area contributed by atoms with Crippen molar-refractivity contribution in [2.45, 2.75) is 40.8 Å². The van der Waals surface area contributed by atoms with Gasteiger partial charge < -0.3 is 9.13 Å². The van der Waals surface area contributed by atoms with Crippen LogP contribution in [0.3, 0.4) is 0 Å². The summed E-state index contributed by atoms with van der Waals surface area (Å²) in [6.07, 6.45) is -4.59. The van der Waals surface area contributed by atoms with Crippen LogP contribution >= 0.6 is 0 Å². The molecule has 12 aromatic rings. The summed E-state index contributed by atoms with van der Waals surface area (Å²) in [5.74, 6) is 0. The highest BCUT2D eigenvalue weighted by molar-refractivity contribution is 6.14. The van der Waals surface area contributed by atoms with E-state index in [9.17, 15) is 0 Å². The highest BCUT2D eigenvalue weighted by atomic mass is 19.4. The first-order chi connectivity index (χ1) is 34.4. The third kappa shape index (κ3) is 7.43. The Labute approximate surface area is 411 Å². The fourth-order valence-electron chi connectivity index (χ4n) is 11.0. The molecule has 0 bridgehead atoms.